The van der Waals surface area contributed by atoms with E-state index in [9.17, 15) is 15.3 Å². The molecular weight excluding hydrogens is 288 g/mol. The maximum atomic E-state index is 10.3. The van der Waals surface area contributed by atoms with Crippen LogP contribution in [0.1, 0.15) is 65.7 Å². The van der Waals surface area contributed by atoms with Crippen molar-refractivity contribution in [2.45, 2.75) is 77.9 Å². The van der Waals surface area contributed by atoms with Crippen LogP contribution in [0.4, 0.5) is 0 Å². The molecule has 0 spiro atoms. The van der Waals surface area contributed by atoms with Gasteiger partial charge in [-0.25, -0.2) is 0 Å². The maximum Gasteiger partial charge on any atom is 0.0824 e. The van der Waals surface area contributed by atoms with Crippen molar-refractivity contribution < 1.29 is 15.3 Å². The number of aliphatic hydroxyl groups is 3. The molecule has 3 aliphatic carbocycles. The van der Waals surface area contributed by atoms with Gasteiger partial charge in [-0.1, -0.05) is 27.4 Å². The third-order valence-electron chi connectivity index (χ3n) is 8.30. The van der Waals surface area contributed by atoms with Gasteiger partial charge >= 0.3 is 0 Å². The van der Waals surface area contributed by atoms with Crippen LogP contribution in [0.25, 0.3) is 0 Å². The Balaban J connectivity index is 1.88. The predicted molar refractivity (Wildman–Crippen MR) is 91.9 cm³/mol. The number of fused-ring (bicyclic) bond motifs is 3. The van der Waals surface area contributed by atoms with Crippen molar-refractivity contribution in [3.8, 4) is 0 Å². The quantitative estimate of drug-likeness (QED) is 0.684. The molecule has 3 N–H and O–H groups in total. The molecule has 3 aliphatic rings. The summed E-state index contributed by atoms with van der Waals surface area (Å²) in [6.07, 6.45) is 6.32. The minimum Gasteiger partial charge on any atom is -0.394 e. The zero-order chi connectivity index (χ0) is 17.0. The van der Waals surface area contributed by atoms with Crippen LogP contribution in [0.2, 0.25) is 0 Å². The van der Waals surface area contributed by atoms with Gasteiger partial charge in [0.25, 0.3) is 0 Å². The summed E-state index contributed by atoms with van der Waals surface area (Å²) in [5.41, 5.74) is 1.23. The summed E-state index contributed by atoms with van der Waals surface area (Å²) in [5, 5.41) is 30.0. The zero-order valence-electron chi connectivity index (χ0n) is 15.0. The molecular formula is C20H34O3. The van der Waals surface area contributed by atoms with E-state index in [0.29, 0.717) is 11.8 Å². The summed E-state index contributed by atoms with van der Waals surface area (Å²) in [7, 11) is 0. The first-order chi connectivity index (χ1) is 10.7. The summed E-state index contributed by atoms with van der Waals surface area (Å²) in [6, 6.07) is 0. The highest BCUT2D eigenvalue weighted by molar-refractivity contribution is 5.23. The molecule has 23 heavy (non-hydrogen) atoms. The SMILES string of the molecule is C=C1[C@@H](O)CC[C@H]2[C@]3(C)CC[C@](C)(C(O)CO)C[C@H]3CC[C@]12C. The van der Waals surface area contributed by atoms with Crippen molar-refractivity contribution >= 4 is 0 Å². The van der Waals surface area contributed by atoms with Crippen LogP contribution >= 0.6 is 0 Å². The van der Waals surface area contributed by atoms with E-state index in [1.54, 1.807) is 0 Å². The van der Waals surface area contributed by atoms with E-state index in [1.165, 1.54) is 0 Å². The second-order valence-corrected chi connectivity index (χ2v) is 9.39. The van der Waals surface area contributed by atoms with Gasteiger partial charge in [0.1, 0.15) is 0 Å². The summed E-state index contributed by atoms with van der Waals surface area (Å²) in [6.45, 7) is 11.0. The van der Waals surface area contributed by atoms with Gasteiger partial charge in [0.2, 0.25) is 0 Å². The highest BCUT2D eigenvalue weighted by Crippen LogP contribution is 2.67. The second kappa shape index (κ2) is 5.57. The van der Waals surface area contributed by atoms with Crippen LogP contribution in [-0.4, -0.2) is 34.1 Å². The Kier molecular flexibility index (Phi) is 4.23. The Morgan fingerprint density at radius 3 is 2.48 bits per heavy atom. The molecule has 0 aromatic rings. The van der Waals surface area contributed by atoms with Crippen LogP contribution in [0.5, 0.6) is 0 Å². The first-order valence-electron chi connectivity index (χ1n) is 9.34. The van der Waals surface area contributed by atoms with Crippen molar-refractivity contribution in [3.05, 3.63) is 12.2 Å². The standard InChI is InChI=1S/C20H34O3/c1-13-15(22)5-6-16-19(13,3)8-7-14-11-18(2,17(23)12-21)9-10-20(14,16)4/h14-17,21-23H,1,5-12H2,2-4H3/t14-,15+,16-,17?,18+,19-,20-/m1/s1. The fourth-order valence-electron chi connectivity index (χ4n) is 6.36. The van der Waals surface area contributed by atoms with Crippen LogP contribution in [0, 0.1) is 28.1 Å². The highest BCUT2D eigenvalue weighted by atomic mass is 16.3. The number of hydrogen-bond donors (Lipinski definition) is 3. The first-order valence-corrected chi connectivity index (χ1v) is 9.34. The van der Waals surface area contributed by atoms with E-state index in [0.717, 1.165) is 50.5 Å². The molecule has 3 saturated carbocycles. The molecule has 0 aliphatic heterocycles. The Hall–Kier alpha value is -0.380. The Morgan fingerprint density at radius 2 is 1.83 bits per heavy atom. The van der Waals surface area contributed by atoms with Gasteiger partial charge < -0.3 is 15.3 Å². The van der Waals surface area contributed by atoms with Gasteiger partial charge in [-0.15, -0.1) is 0 Å². The largest absolute Gasteiger partial charge is 0.394 e. The molecule has 3 heteroatoms. The molecule has 132 valence electrons. The van der Waals surface area contributed by atoms with Crippen molar-refractivity contribution in [3.63, 3.8) is 0 Å². The number of aliphatic hydroxyl groups excluding tert-OH is 3. The smallest absolute Gasteiger partial charge is 0.0824 e. The molecule has 0 aromatic carbocycles. The fourth-order valence-corrected chi connectivity index (χ4v) is 6.36. The van der Waals surface area contributed by atoms with E-state index in [2.05, 4.69) is 27.4 Å². The third kappa shape index (κ3) is 2.42. The Bertz CT molecular complexity index is 489. The number of rotatable bonds is 2. The predicted octanol–water partition coefficient (Wildman–Crippen LogP) is 3.28. The van der Waals surface area contributed by atoms with Crippen LogP contribution < -0.4 is 0 Å². The van der Waals surface area contributed by atoms with Gasteiger partial charge in [-0.3, -0.25) is 0 Å². The summed E-state index contributed by atoms with van der Waals surface area (Å²) >= 11 is 0. The van der Waals surface area contributed by atoms with Gasteiger partial charge in [0, 0.05) is 0 Å². The molecule has 0 amide bonds. The van der Waals surface area contributed by atoms with Crippen LogP contribution in [-0.2, 0) is 0 Å². The molecule has 3 nitrogen and oxygen atoms in total. The van der Waals surface area contributed by atoms with E-state index < -0.39 is 6.10 Å². The summed E-state index contributed by atoms with van der Waals surface area (Å²) < 4.78 is 0. The van der Waals surface area contributed by atoms with Gasteiger partial charge in [-0.2, -0.15) is 0 Å². The Morgan fingerprint density at radius 1 is 1.13 bits per heavy atom. The molecule has 0 heterocycles. The molecule has 0 radical (unpaired) electrons. The average Bonchev–Trinajstić information content (AvgIpc) is 2.52. The van der Waals surface area contributed by atoms with E-state index in [4.69, 9.17) is 0 Å². The highest BCUT2D eigenvalue weighted by Gasteiger charge is 2.59. The van der Waals surface area contributed by atoms with E-state index >= 15 is 0 Å². The third-order valence-corrected chi connectivity index (χ3v) is 8.30. The van der Waals surface area contributed by atoms with Crippen LogP contribution in [0.3, 0.4) is 0 Å². The zero-order valence-corrected chi connectivity index (χ0v) is 15.0. The minimum atomic E-state index is -0.608. The molecule has 0 aromatic heterocycles. The monoisotopic (exact) mass is 322 g/mol. The van der Waals surface area contributed by atoms with E-state index in [-0.39, 0.29) is 29.0 Å². The van der Waals surface area contributed by atoms with E-state index in [1.807, 2.05) is 0 Å². The van der Waals surface area contributed by atoms with Crippen LogP contribution in [0.15, 0.2) is 12.2 Å². The number of hydrogen-bond acceptors (Lipinski definition) is 3. The summed E-state index contributed by atoms with van der Waals surface area (Å²) in [4.78, 5) is 0. The molecule has 3 rings (SSSR count). The average molecular weight is 322 g/mol. The normalized spacial score (nSPS) is 51.7. The minimum absolute atomic E-state index is 0.0618. The van der Waals surface area contributed by atoms with Crippen molar-refractivity contribution in [2.24, 2.45) is 28.1 Å². The Labute approximate surface area is 140 Å². The fraction of sp³-hybridized carbons (Fsp3) is 0.900. The second-order valence-electron chi connectivity index (χ2n) is 9.39. The van der Waals surface area contributed by atoms with Crippen molar-refractivity contribution in [1.82, 2.24) is 0 Å². The molecule has 3 fully saturated rings. The summed E-state index contributed by atoms with van der Waals surface area (Å²) in [5.74, 6) is 1.18. The first kappa shape index (κ1) is 17.4. The van der Waals surface area contributed by atoms with Gasteiger partial charge in [0.15, 0.2) is 0 Å². The van der Waals surface area contributed by atoms with Crippen molar-refractivity contribution in [1.29, 1.82) is 0 Å². The van der Waals surface area contributed by atoms with Gasteiger partial charge in [-0.05, 0) is 78.6 Å². The van der Waals surface area contributed by atoms with Gasteiger partial charge in [0.05, 0.1) is 18.8 Å². The maximum absolute atomic E-state index is 10.3. The van der Waals surface area contributed by atoms with Crippen molar-refractivity contribution in [2.75, 3.05) is 6.61 Å². The molecule has 0 saturated heterocycles. The lowest BCUT2D eigenvalue weighted by Gasteiger charge is -2.63. The lowest BCUT2D eigenvalue weighted by molar-refractivity contribution is -0.141. The molecule has 7 atom stereocenters. The molecule has 1 unspecified atom stereocenters. The molecule has 0 bridgehead atoms. The topological polar surface area (TPSA) is 60.7 Å². The lowest BCUT2D eigenvalue weighted by atomic mass is 9.42. The lowest BCUT2D eigenvalue weighted by Crippen LogP contribution is -2.57.